The number of hydrogen-bond donors (Lipinski definition) is 2. The second-order valence-electron chi connectivity index (χ2n) is 4.41. The third kappa shape index (κ3) is 2.24. The molecule has 5 nitrogen and oxygen atoms in total. The largest absolute Gasteiger partial charge is 0.350 e. The number of rotatable bonds is 3. The summed E-state index contributed by atoms with van der Waals surface area (Å²) in [7, 11) is 0. The van der Waals surface area contributed by atoms with Crippen molar-refractivity contribution in [3.8, 4) is 0 Å². The molecule has 88 valence electrons. The van der Waals surface area contributed by atoms with E-state index in [1.807, 2.05) is 13.0 Å². The maximum Gasteiger partial charge on any atom is 0.244 e. The standard InChI is InChI=1S/C11H18N4O/c1-8-6-12-7-10(8)14-11(16)9(2)15-5-3-4-13-15/h3-5,8-10,12H,6-7H2,1-2H3,(H,14,16). The number of carbonyl (C=O) groups excluding carboxylic acids is 1. The third-order valence-corrected chi connectivity index (χ3v) is 3.15. The van der Waals surface area contributed by atoms with Crippen molar-refractivity contribution in [2.24, 2.45) is 5.92 Å². The van der Waals surface area contributed by atoms with E-state index in [0.29, 0.717) is 5.92 Å². The van der Waals surface area contributed by atoms with Gasteiger partial charge in [-0.2, -0.15) is 5.10 Å². The van der Waals surface area contributed by atoms with Crippen molar-refractivity contribution in [2.45, 2.75) is 25.9 Å². The van der Waals surface area contributed by atoms with Gasteiger partial charge in [0.25, 0.3) is 0 Å². The Morgan fingerprint density at radius 2 is 2.44 bits per heavy atom. The van der Waals surface area contributed by atoms with Crippen molar-refractivity contribution in [3.63, 3.8) is 0 Å². The topological polar surface area (TPSA) is 58.9 Å². The monoisotopic (exact) mass is 222 g/mol. The Hall–Kier alpha value is -1.36. The van der Waals surface area contributed by atoms with Crippen LogP contribution in [0.5, 0.6) is 0 Å². The summed E-state index contributed by atoms with van der Waals surface area (Å²) in [6, 6.07) is 1.82. The Kier molecular flexibility index (Phi) is 3.24. The summed E-state index contributed by atoms with van der Waals surface area (Å²) in [5.74, 6) is 0.526. The smallest absolute Gasteiger partial charge is 0.244 e. The molecule has 0 bridgehead atoms. The van der Waals surface area contributed by atoms with Gasteiger partial charge in [0.1, 0.15) is 6.04 Å². The molecule has 2 heterocycles. The first-order chi connectivity index (χ1) is 7.68. The van der Waals surface area contributed by atoms with Crippen molar-refractivity contribution in [1.29, 1.82) is 0 Å². The Bertz CT molecular complexity index is 349. The van der Waals surface area contributed by atoms with Gasteiger partial charge in [0.2, 0.25) is 5.91 Å². The lowest BCUT2D eigenvalue weighted by Crippen LogP contribution is -2.42. The van der Waals surface area contributed by atoms with Gasteiger partial charge in [0.15, 0.2) is 0 Å². The Morgan fingerprint density at radius 1 is 1.62 bits per heavy atom. The number of aromatic nitrogens is 2. The number of carbonyl (C=O) groups is 1. The molecule has 1 aromatic rings. The fraction of sp³-hybridized carbons (Fsp3) is 0.636. The molecule has 1 saturated heterocycles. The molecule has 1 fully saturated rings. The van der Waals surface area contributed by atoms with Gasteiger partial charge >= 0.3 is 0 Å². The van der Waals surface area contributed by atoms with E-state index in [9.17, 15) is 4.79 Å². The molecule has 2 N–H and O–H groups in total. The van der Waals surface area contributed by atoms with Crippen LogP contribution in [0.15, 0.2) is 18.5 Å². The van der Waals surface area contributed by atoms with Gasteiger partial charge in [-0.3, -0.25) is 9.48 Å². The number of hydrogen-bond acceptors (Lipinski definition) is 3. The van der Waals surface area contributed by atoms with Crippen molar-refractivity contribution in [1.82, 2.24) is 20.4 Å². The van der Waals surface area contributed by atoms with Crippen LogP contribution < -0.4 is 10.6 Å². The number of nitrogens with zero attached hydrogens (tertiary/aromatic N) is 2. The molecule has 1 aromatic heterocycles. The summed E-state index contributed by atoms with van der Waals surface area (Å²) in [5, 5.41) is 10.4. The number of amides is 1. The van der Waals surface area contributed by atoms with Gasteiger partial charge in [-0.1, -0.05) is 6.92 Å². The Labute approximate surface area is 95.2 Å². The lowest BCUT2D eigenvalue weighted by molar-refractivity contribution is -0.124. The zero-order valence-electron chi connectivity index (χ0n) is 9.68. The highest BCUT2D eigenvalue weighted by atomic mass is 16.2. The Morgan fingerprint density at radius 3 is 3.00 bits per heavy atom. The van der Waals surface area contributed by atoms with Crippen molar-refractivity contribution in [2.75, 3.05) is 13.1 Å². The molecule has 1 aliphatic heterocycles. The molecule has 0 aliphatic carbocycles. The molecule has 1 amide bonds. The lowest BCUT2D eigenvalue weighted by Gasteiger charge is -2.19. The van der Waals surface area contributed by atoms with Crippen LogP contribution in [-0.4, -0.2) is 34.8 Å². The minimum atomic E-state index is -0.247. The molecule has 0 radical (unpaired) electrons. The van der Waals surface area contributed by atoms with E-state index in [1.165, 1.54) is 0 Å². The van der Waals surface area contributed by atoms with E-state index in [2.05, 4.69) is 22.7 Å². The van der Waals surface area contributed by atoms with Gasteiger partial charge < -0.3 is 10.6 Å². The fourth-order valence-electron chi connectivity index (χ4n) is 1.94. The van der Waals surface area contributed by atoms with E-state index < -0.39 is 0 Å². The van der Waals surface area contributed by atoms with Gasteiger partial charge in [-0.25, -0.2) is 0 Å². The van der Waals surface area contributed by atoms with E-state index in [0.717, 1.165) is 13.1 Å². The summed E-state index contributed by atoms with van der Waals surface area (Å²) in [6.07, 6.45) is 3.49. The van der Waals surface area contributed by atoms with Crippen molar-refractivity contribution < 1.29 is 4.79 Å². The van der Waals surface area contributed by atoms with Crippen LogP contribution in [0.4, 0.5) is 0 Å². The van der Waals surface area contributed by atoms with Gasteiger partial charge in [-0.05, 0) is 25.5 Å². The molecular formula is C11H18N4O. The molecular weight excluding hydrogens is 204 g/mol. The Balaban J connectivity index is 1.93. The predicted molar refractivity (Wildman–Crippen MR) is 60.9 cm³/mol. The van der Waals surface area contributed by atoms with Gasteiger partial charge in [-0.15, -0.1) is 0 Å². The third-order valence-electron chi connectivity index (χ3n) is 3.15. The molecule has 0 aromatic carbocycles. The van der Waals surface area contributed by atoms with Crippen LogP contribution in [0.2, 0.25) is 0 Å². The van der Waals surface area contributed by atoms with Crippen LogP contribution >= 0.6 is 0 Å². The molecule has 1 aliphatic rings. The summed E-state index contributed by atoms with van der Waals surface area (Å²) in [6.45, 7) is 5.83. The maximum atomic E-state index is 11.9. The lowest BCUT2D eigenvalue weighted by atomic mass is 10.1. The second kappa shape index (κ2) is 4.65. The molecule has 0 saturated carbocycles. The molecule has 3 atom stereocenters. The summed E-state index contributed by atoms with van der Waals surface area (Å²) in [5.41, 5.74) is 0. The van der Waals surface area contributed by atoms with E-state index in [-0.39, 0.29) is 18.0 Å². The van der Waals surface area contributed by atoms with E-state index >= 15 is 0 Å². The summed E-state index contributed by atoms with van der Waals surface area (Å²) < 4.78 is 1.67. The normalized spacial score (nSPS) is 26.6. The first-order valence-electron chi connectivity index (χ1n) is 5.68. The molecule has 3 unspecified atom stereocenters. The summed E-state index contributed by atoms with van der Waals surface area (Å²) >= 11 is 0. The fourth-order valence-corrected chi connectivity index (χ4v) is 1.94. The molecule has 0 spiro atoms. The average molecular weight is 222 g/mol. The second-order valence-corrected chi connectivity index (χ2v) is 4.41. The average Bonchev–Trinajstić information content (AvgIpc) is 2.89. The van der Waals surface area contributed by atoms with E-state index in [4.69, 9.17) is 0 Å². The zero-order chi connectivity index (χ0) is 11.5. The van der Waals surface area contributed by atoms with Crippen LogP contribution in [0.25, 0.3) is 0 Å². The summed E-state index contributed by atoms with van der Waals surface area (Å²) in [4.78, 5) is 11.9. The van der Waals surface area contributed by atoms with E-state index in [1.54, 1.807) is 17.1 Å². The highest BCUT2D eigenvalue weighted by Gasteiger charge is 2.26. The first kappa shape index (κ1) is 11.1. The minimum absolute atomic E-state index is 0.0317. The van der Waals surface area contributed by atoms with Crippen molar-refractivity contribution >= 4 is 5.91 Å². The highest BCUT2D eigenvalue weighted by molar-refractivity contribution is 5.80. The molecule has 2 rings (SSSR count). The molecule has 16 heavy (non-hydrogen) atoms. The van der Waals surface area contributed by atoms with Crippen LogP contribution in [0.3, 0.4) is 0 Å². The molecule has 5 heteroatoms. The quantitative estimate of drug-likeness (QED) is 0.766. The predicted octanol–water partition coefficient (Wildman–Crippen LogP) is 0.168. The highest BCUT2D eigenvalue weighted by Crippen LogP contribution is 2.10. The van der Waals surface area contributed by atoms with Gasteiger partial charge in [0.05, 0.1) is 0 Å². The first-order valence-corrected chi connectivity index (χ1v) is 5.68. The van der Waals surface area contributed by atoms with Crippen LogP contribution in [0, 0.1) is 5.92 Å². The van der Waals surface area contributed by atoms with Crippen LogP contribution in [0.1, 0.15) is 19.9 Å². The SMILES string of the molecule is CC1CNCC1NC(=O)C(C)n1cccn1. The number of nitrogens with one attached hydrogen (secondary N) is 2. The van der Waals surface area contributed by atoms with Crippen LogP contribution in [-0.2, 0) is 4.79 Å². The van der Waals surface area contributed by atoms with Crippen molar-refractivity contribution in [3.05, 3.63) is 18.5 Å². The van der Waals surface area contributed by atoms with Gasteiger partial charge in [0, 0.05) is 25.0 Å². The zero-order valence-corrected chi connectivity index (χ0v) is 9.68. The maximum absolute atomic E-state index is 11.9. The minimum Gasteiger partial charge on any atom is -0.350 e.